The third-order valence-corrected chi connectivity index (χ3v) is 3.21. The maximum absolute atomic E-state index is 12.0. The van der Waals surface area contributed by atoms with Gasteiger partial charge in [0.05, 0.1) is 6.61 Å². The summed E-state index contributed by atoms with van der Waals surface area (Å²) in [7, 11) is 0. The number of fused-ring (bicyclic) bond motifs is 2. The topological polar surface area (TPSA) is 39.4 Å². The van der Waals surface area contributed by atoms with E-state index < -0.39 is 0 Å². The number of rotatable bonds is 2. The maximum Gasteiger partial charge on any atom is 0.342 e. The highest BCUT2D eigenvalue weighted by Crippen LogP contribution is 2.30. The summed E-state index contributed by atoms with van der Waals surface area (Å²) < 4.78 is 10.8. The first kappa shape index (κ1) is 11.8. The van der Waals surface area contributed by atoms with E-state index in [0.717, 1.165) is 21.7 Å². The average Bonchev–Trinajstić information content (AvgIpc) is 2.71. The number of carbonyl (C=O) groups excluding carboxylic acids is 1. The monoisotopic (exact) mass is 254 g/mol. The molecular weight excluding hydrogens is 240 g/mol. The summed E-state index contributed by atoms with van der Waals surface area (Å²) in [6.45, 7) is 3.94. The highest BCUT2D eigenvalue weighted by atomic mass is 16.5. The smallest absolute Gasteiger partial charge is 0.342 e. The van der Waals surface area contributed by atoms with Gasteiger partial charge >= 0.3 is 5.97 Å². The zero-order valence-corrected chi connectivity index (χ0v) is 10.9. The number of carbonyl (C=O) groups is 1. The lowest BCUT2D eigenvalue weighted by atomic mass is 10.1. The second-order valence-electron chi connectivity index (χ2n) is 4.45. The molecule has 0 radical (unpaired) electrons. The van der Waals surface area contributed by atoms with E-state index in [9.17, 15) is 4.79 Å². The predicted molar refractivity (Wildman–Crippen MR) is 74.4 cm³/mol. The molecule has 19 heavy (non-hydrogen) atoms. The van der Waals surface area contributed by atoms with Crippen molar-refractivity contribution in [2.24, 2.45) is 0 Å². The molecule has 0 fully saturated rings. The Bertz CT molecular complexity index is 768. The molecular formula is C16H14O3. The molecule has 0 aliphatic heterocycles. The van der Waals surface area contributed by atoms with Crippen molar-refractivity contribution in [1.82, 2.24) is 0 Å². The number of benzene rings is 2. The van der Waals surface area contributed by atoms with Crippen LogP contribution in [0.1, 0.15) is 23.0 Å². The minimum Gasteiger partial charge on any atom is -0.462 e. The summed E-state index contributed by atoms with van der Waals surface area (Å²) >= 11 is 0. The van der Waals surface area contributed by atoms with Gasteiger partial charge in [0.15, 0.2) is 0 Å². The van der Waals surface area contributed by atoms with Gasteiger partial charge in [0, 0.05) is 5.39 Å². The van der Waals surface area contributed by atoms with Gasteiger partial charge in [-0.1, -0.05) is 24.3 Å². The van der Waals surface area contributed by atoms with Gasteiger partial charge < -0.3 is 9.15 Å². The molecule has 1 heterocycles. The number of ether oxygens (including phenoxy) is 1. The summed E-state index contributed by atoms with van der Waals surface area (Å²) in [6.07, 6.45) is 0. The molecule has 3 nitrogen and oxygen atoms in total. The van der Waals surface area contributed by atoms with Gasteiger partial charge in [-0.25, -0.2) is 4.79 Å². The van der Waals surface area contributed by atoms with Crippen molar-refractivity contribution >= 4 is 27.7 Å². The Balaban J connectivity index is 2.30. The molecule has 0 saturated carbocycles. The largest absolute Gasteiger partial charge is 0.462 e. The Hall–Kier alpha value is -2.29. The fourth-order valence-corrected chi connectivity index (χ4v) is 2.36. The van der Waals surface area contributed by atoms with Crippen molar-refractivity contribution in [1.29, 1.82) is 0 Å². The molecule has 96 valence electrons. The lowest BCUT2D eigenvalue weighted by Crippen LogP contribution is -2.05. The van der Waals surface area contributed by atoms with Crippen LogP contribution in [0.5, 0.6) is 0 Å². The lowest BCUT2D eigenvalue weighted by molar-refractivity contribution is 0.0526. The van der Waals surface area contributed by atoms with Crippen molar-refractivity contribution in [2.45, 2.75) is 13.8 Å². The molecule has 0 N–H and O–H groups in total. The molecule has 0 amide bonds. The molecule has 3 rings (SSSR count). The second kappa shape index (κ2) is 4.43. The molecule has 1 aromatic heterocycles. The molecule has 2 aromatic carbocycles. The number of hydrogen-bond acceptors (Lipinski definition) is 3. The van der Waals surface area contributed by atoms with E-state index in [1.807, 2.05) is 36.4 Å². The standard InChI is InChI=1S/C16H14O3/c1-3-18-16(17)15-10(2)19-14-9-12-7-5-4-6-11(12)8-13(14)15/h4-9H,3H2,1-2H3. The van der Waals surface area contributed by atoms with Gasteiger partial charge in [-0.15, -0.1) is 0 Å². The minimum absolute atomic E-state index is 0.325. The Morgan fingerprint density at radius 2 is 1.89 bits per heavy atom. The van der Waals surface area contributed by atoms with Crippen molar-refractivity contribution < 1.29 is 13.9 Å². The van der Waals surface area contributed by atoms with Gasteiger partial charge in [-0.05, 0) is 36.8 Å². The summed E-state index contributed by atoms with van der Waals surface area (Å²) in [6, 6.07) is 11.9. The van der Waals surface area contributed by atoms with E-state index in [2.05, 4.69) is 0 Å². The van der Waals surface area contributed by atoms with Gasteiger partial charge in [0.25, 0.3) is 0 Å². The molecule has 0 aliphatic carbocycles. The highest BCUT2D eigenvalue weighted by molar-refractivity contribution is 6.08. The fraction of sp³-hybridized carbons (Fsp3) is 0.188. The SMILES string of the molecule is CCOC(=O)c1c(C)oc2cc3ccccc3cc12. The van der Waals surface area contributed by atoms with Gasteiger partial charge in [0.1, 0.15) is 16.9 Å². The molecule has 3 heteroatoms. The first-order valence-corrected chi connectivity index (χ1v) is 6.29. The van der Waals surface area contributed by atoms with Crippen LogP contribution in [0.2, 0.25) is 0 Å². The molecule has 0 saturated heterocycles. The normalized spacial score (nSPS) is 11.1. The van der Waals surface area contributed by atoms with E-state index in [-0.39, 0.29) is 5.97 Å². The summed E-state index contributed by atoms with van der Waals surface area (Å²) in [5, 5.41) is 3.00. The third-order valence-electron chi connectivity index (χ3n) is 3.21. The average molecular weight is 254 g/mol. The summed E-state index contributed by atoms with van der Waals surface area (Å²) in [4.78, 5) is 12.0. The number of esters is 1. The Kier molecular flexibility index (Phi) is 2.75. The minimum atomic E-state index is -0.325. The highest BCUT2D eigenvalue weighted by Gasteiger charge is 2.19. The van der Waals surface area contributed by atoms with Crippen molar-refractivity contribution in [3.05, 3.63) is 47.7 Å². The van der Waals surface area contributed by atoms with Crippen LogP contribution in [0.3, 0.4) is 0 Å². The maximum atomic E-state index is 12.0. The quantitative estimate of drug-likeness (QED) is 0.647. The third kappa shape index (κ3) is 1.87. The van der Waals surface area contributed by atoms with Crippen molar-refractivity contribution in [3.8, 4) is 0 Å². The van der Waals surface area contributed by atoms with Crippen molar-refractivity contribution in [3.63, 3.8) is 0 Å². The molecule has 0 aliphatic rings. The Labute approximate surface area is 110 Å². The van der Waals surface area contributed by atoms with Crippen LogP contribution in [-0.4, -0.2) is 12.6 Å². The number of furan rings is 1. The van der Waals surface area contributed by atoms with Crippen molar-refractivity contribution in [2.75, 3.05) is 6.61 Å². The second-order valence-corrected chi connectivity index (χ2v) is 4.45. The van der Waals surface area contributed by atoms with Crippen LogP contribution in [0.15, 0.2) is 40.8 Å². The predicted octanol–water partition coefficient (Wildman–Crippen LogP) is 4.07. The zero-order valence-electron chi connectivity index (χ0n) is 10.9. The molecule has 0 bridgehead atoms. The van der Waals surface area contributed by atoms with E-state index in [1.165, 1.54) is 0 Å². The fourth-order valence-electron chi connectivity index (χ4n) is 2.36. The number of hydrogen-bond donors (Lipinski definition) is 0. The van der Waals surface area contributed by atoms with Crippen LogP contribution >= 0.6 is 0 Å². The lowest BCUT2D eigenvalue weighted by Gasteiger charge is -2.01. The molecule has 0 spiro atoms. The molecule has 3 aromatic rings. The first-order chi connectivity index (χ1) is 9.20. The van der Waals surface area contributed by atoms with Crippen LogP contribution < -0.4 is 0 Å². The Morgan fingerprint density at radius 3 is 2.58 bits per heavy atom. The summed E-state index contributed by atoms with van der Waals surface area (Å²) in [5.74, 6) is 0.276. The Morgan fingerprint density at radius 1 is 1.21 bits per heavy atom. The van der Waals surface area contributed by atoms with E-state index in [4.69, 9.17) is 9.15 Å². The van der Waals surface area contributed by atoms with E-state index in [1.54, 1.807) is 13.8 Å². The first-order valence-electron chi connectivity index (χ1n) is 6.29. The van der Waals surface area contributed by atoms with Crippen LogP contribution in [0, 0.1) is 6.92 Å². The van der Waals surface area contributed by atoms with E-state index >= 15 is 0 Å². The van der Waals surface area contributed by atoms with Gasteiger partial charge in [0.2, 0.25) is 0 Å². The van der Waals surface area contributed by atoms with Crippen LogP contribution in [0.25, 0.3) is 21.7 Å². The number of aryl methyl sites for hydroxylation is 1. The van der Waals surface area contributed by atoms with Crippen LogP contribution in [0.4, 0.5) is 0 Å². The van der Waals surface area contributed by atoms with Gasteiger partial charge in [-0.3, -0.25) is 0 Å². The summed E-state index contributed by atoms with van der Waals surface area (Å²) in [5.41, 5.74) is 1.25. The van der Waals surface area contributed by atoms with Crippen LogP contribution in [-0.2, 0) is 4.74 Å². The zero-order chi connectivity index (χ0) is 13.4. The van der Waals surface area contributed by atoms with E-state index in [0.29, 0.717) is 17.9 Å². The molecule has 0 atom stereocenters. The van der Waals surface area contributed by atoms with Gasteiger partial charge in [-0.2, -0.15) is 0 Å². The molecule has 0 unspecified atom stereocenters.